The Balaban J connectivity index is 1.08. The van der Waals surface area contributed by atoms with Crippen LogP contribution in [0.3, 0.4) is 0 Å². The van der Waals surface area contributed by atoms with Crippen LogP contribution >= 0.6 is 0 Å². The van der Waals surface area contributed by atoms with Crippen LogP contribution in [0.4, 0.5) is 10.1 Å². The number of rotatable bonds is 9. The number of benzene rings is 2. The Bertz CT molecular complexity index is 2260. The van der Waals surface area contributed by atoms with Gasteiger partial charge in [0.15, 0.2) is 5.65 Å². The van der Waals surface area contributed by atoms with Crippen molar-refractivity contribution in [3.63, 3.8) is 0 Å². The molecule has 1 fully saturated rings. The van der Waals surface area contributed by atoms with Crippen molar-refractivity contribution in [1.29, 1.82) is 0 Å². The Kier molecular flexibility index (Phi) is 7.79. The number of amides is 1. The summed E-state index contributed by atoms with van der Waals surface area (Å²) in [6.07, 6.45) is 9.21. The van der Waals surface area contributed by atoms with Crippen molar-refractivity contribution in [3.8, 4) is 39.4 Å². The number of carbonyl (C=O) groups excluding carboxylic acids is 1. The van der Waals surface area contributed by atoms with Crippen LogP contribution in [0.15, 0.2) is 97.6 Å². The Morgan fingerprint density at radius 1 is 0.875 bits per heavy atom. The average Bonchev–Trinajstić information content (AvgIpc) is 3.88. The lowest BCUT2D eigenvalue weighted by Gasteiger charge is -2.15. The van der Waals surface area contributed by atoms with Crippen LogP contribution in [0, 0.1) is 5.82 Å². The largest absolute Gasteiger partial charge is 0.492 e. The molecule has 1 saturated heterocycles. The van der Waals surface area contributed by atoms with Crippen molar-refractivity contribution >= 4 is 33.7 Å². The molecule has 11 heteroatoms. The van der Waals surface area contributed by atoms with Gasteiger partial charge >= 0.3 is 0 Å². The number of aromatic nitrogens is 6. The molecule has 0 atom stereocenters. The number of hydrogen-bond acceptors (Lipinski definition) is 7. The molecule has 0 bridgehead atoms. The number of pyridine rings is 3. The van der Waals surface area contributed by atoms with Gasteiger partial charge in [0.1, 0.15) is 29.5 Å². The molecule has 1 amide bonds. The molecule has 0 aliphatic carbocycles. The van der Waals surface area contributed by atoms with Crippen LogP contribution < -0.4 is 10.1 Å². The molecule has 8 rings (SSSR count). The van der Waals surface area contributed by atoms with Gasteiger partial charge < -0.3 is 15.0 Å². The third-order valence-corrected chi connectivity index (χ3v) is 8.63. The van der Waals surface area contributed by atoms with E-state index in [4.69, 9.17) is 4.74 Å². The monoisotopic (exact) mass is 638 g/mol. The van der Waals surface area contributed by atoms with Gasteiger partial charge in [-0.2, -0.15) is 5.10 Å². The fourth-order valence-electron chi connectivity index (χ4n) is 6.23. The van der Waals surface area contributed by atoms with E-state index in [0.29, 0.717) is 46.2 Å². The highest BCUT2D eigenvalue weighted by Crippen LogP contribution is 2.35. The smallest absolute Gasteiger partial charge is 0.255 e. The van der Waals surface area contributed by atoms with Gasteiger partial charge in [-0.15, -0.1) is 0 Å². The number of aromatic amines is 2. The quantitative estimate of drug-likeness (QED) is 0.154. The second kappa shape index (κ2) is 12.7. The lowest BCUT2D eigenvalue weighted by molar-refractivity contribution is 0.102. The number of H-pyrrole nitrogens is 2. The molecular weight excluding hydrogens is 607 g/mol. The minimum Gasteiger partial charge on any atom is -0.492 e. The van der Waals surface area contributed by atoms with Crippen LogP contribution in [-0.4, -0.2) is 67.2 Å². The second-order valence-corrected chi connectivity index (χ2v) is 11.9. The number of ether oxygens (including phenoxy) is 1. The number of likely N-dealkylation sites (tertiary alicyclic amines) is 1. The summed E-state index contributed by atoms with van der Waals surface area (Å²) < 4.78 is 20.8. The number of fused-ring (bicyclic) bond motifs is 2. The molecule has 0 unspecified atom stereocenters. The molecule has 0 radical (unpaired) electrons. The predicted molar refractivity (Wildman–Crippen MR) is 183 cm³/mol. The van der Waals surface area contributed by atoms with Crippen LogP contribution in [0.1, 0.15) is 23.2 Å². The fourth-order valence-corrected chi connectivity index (χ4v) is 6.23. The zero-order valence-electron chi connectivity index (χ0n) is 25.9. The molecule has 6 heterocycles. The summed E-state index contributed by atoms with van der Waals surface area (Å²) >= 11 is 0. The number of carbonyl (C=O) groups is 1. The summed E-state index contributed by atoms with van der Waals surface area (Å²) in [7, 11) is 0. The zero-order valence-corrected chi connectivity index (χ0v) is 25.9. The van der Waals surface area contributed by atoms with Crippen molar-refractivity contribution in [3.05, 3.63) is 109 Å². The standard InChI is InChI=1S/C37H31FN8O2/c38-27-14-24(16-29(18-27)48-13-12-46-10-4-5-11-46)30-8-9-40-35-31(30)19-33(43-35)34-32-17-26(21-41-36(32)45-44-34)25-15-28(22-39-20-25)42-37(47)23-6-2-1-3-7-23/h1-3,6-9,14-22H,4-5,10-13H2,(H,40,43)(H,42,47)(H,41,44,45). The Hall–Kier alpha value is -5.94. The highest BCUT2D eigenvalue weighted by Gasteiger charge is 2.17. The van der Waals surface area contributed by atoms with Crippen LogP contribution in [0.2, 0.25) is 0 Å². The third kappa shape index (κ3) is 5.98. The maximum Gasteiger partial charge on any atom is 0.255 e. The van der Waals surface area contributed by atoms with Gasteiger partial charge in [0.2, 0.25) is 0 Å². The van der Waals surface area contributed by atoms with E-state index in [-0.39, 0.29) is 11.7 Å². The summed E-state index contributed by atoms with van der Waals surface area (Å²) in [6.45, 7) is 3.51. The maximum absolute atomic E-state index is 14.8. The number of halogens is 1. The maximum atomic E-state index is 14.8. The first-order valence-electron chi connectivity index (χ1n) is 15.9. The summed E-state index contributed by atoms with van der Waals surface area (Å²) in [4.78, 5) is 32.0. The summed E-state index contributed by atoms with van der Waals surface area (Å²) in [5.74, 6) is -0.0777. The topological polar surface area (TPSA) is 125 Å². The van der Waals surface area contributed by atoms with Gasteiger partial charge in [-0.25, -0.2) is 14.4 Å². The predicted octanol–water partition coefficient (Wildman–Crippen LogP) is 7.10. The van der Waals surface area contributed by atoms with Crippen LogP contribution in [0.25, 0.3) is 55.7 Å². The summed E-state index contributed by atoms with van der Waals surface area (Å²) in [5.41, 5.74) is 6.90. The molecule has 1 aliphatic rings. The lowest BCUT2D eigenvalue weighted by atomic mass is 10.0. The molecule has 2 aromatic carbocycles. The molecule has 0 saturated carbocycles. The molecule has 1 aliphatic heterocycles. The average molecular weight is 639 g/mol. The highest BCUT2D eigenvalue weighted by molar-refractivity contribution is 6.04. The zero-order chi connectivity index (χ0) is 32.5. The SMILES string of the molecule is O=C(Nc1cncc(-c2cnc3[nH]nc(-c4cc5c(-c6cc(F)cc(OCCN7CCCC7)c6)ccnc5[nH]4)c3c2)c1)c1ccccc1. The number of anilines is 1. The van der Waals surface area contributed by atoms with Crippen molar-refractivity contribution in [2.24, 2.45) is 0 Å². The van der Waals surface area contributed by atoms with Crippen molar-refractivity contribution < 1.29 is 13.9 Å². The van der Waals surface area contributed by atoms with E-state index in [1.165, 1.54) is 25.0 Å². The normalized spacial score (nSPS) is 13.4. The first-order valence-corrected chi connectivity index (χ1v) is 15.9. The third-order valence-electron chi connectivity index (χ3n) is 8.63. The van der Waals surface area contributed by atoms with E-state index < -0.39 is 0 Å². The fraction of sp³-hybridized carbons (Fsp3) is 0.162. The van der Waals surface area contributed by atoms with E-state index in [9.17, 15) is 9.18 Å². The van der Waals surface area contributed by atoms with E-state index in [2.05, 4.69) is 40.3 Å². The van der Waals surface area contributed by atoms with E-state index >= 15 is 0 Å². The van der Waals surface area contributed by atoms with Crippen molar-refractivity contribution in [2.75, 3.05) is 31.6 Å². The molecule has 48 heavy (non-hydrogen) atoms. The summed E-state index contributed by atoms with van der Waals surface area (Å²) in [6, 6.07) is 21.5. The number of hydrogen-bond donors (Lipinski definition) is 3. The van der Waals surface area contributed by atoms with Crippen LogP contribution in [0.5, 0.6) is 5.75 Å². The minimum absolute atomic E-state index is 0.216. The molecule has 0 spiro atoms. The van der Waals surface area contributed by atoms with Gasteiger partial charge in [-0.05, 0) is 85.6 Å². The van der Waals surface area contributed by atoms with E-state index in [1.54, 1.807) is 36.9 Å². The Labute approximate surface area is 275 Å². The molecule has 3 N–H and O–H groups in total. The Morgan fingerprint density at radius 2 is 1.73 bits per heavy atom. The van der Waals surface area contributed by atoms with Crippen molar-refractivity contribution in [2.45, 2.75) is 12.8 Å². The van der Waals surface area contributed by atoms with Crippen molar-refractivity contribution in [1.82, 2.24) is 35.0 Å². The molecule has 10 nitrogen and oxygen atoms in total. The molecule has 5 aromatic heterocycles. The summed E-state index contributed by atoms with van der Waals surface area (Å²) in [5, 5.41) is 12.1. The van der Waals surface area contributed by atoms with Gasteiger partial charge in [-0.1, -0.05) is 18.2 Å². The number of nitrogens with zero attached hydrogens (tertiary/aromatic N) is 5. The first-order chi connectivity index (χ1) is 23.6. The molecular formula is C37H31FN8O2. The first kappa shape index (κ1) is 29.5. The molecule has 7 aromatic rings. The van der Waals surface area contributed by atoms with Gasteiger partial charge in [0.05, 0.1) is 17.6 Å². The lowest BCUT2D eigenvalue weighted by Crippen LogP contribution is -2.25. The van der Waals surface area contributed by atoms with Gasteiger partial charge in [-0.3, -0.25) is 19.8 Å². The molecule has 238 valence electrons. The Morgan fingerprint density at radius 3 is 2.60 bits per heavy atom. The van der Waals surface area contributed by atoms with Crippen LogP contribution in [-0.2, 0) is 0 Å². The number of nitrogens with one attached hydrogen (secondary N) is 3. The second-order valence-electron chi connectivity index (χ2n) is 11.9. The van der Waals surface area contributed by atoms with E-state index in [1.807, 2.05) is 48.5 Å². The highest BCUT2D eigenvalue weighted by atomic mass is 19.1. The van der Waals surface area contributed by atoms with E-state index in [0.717, 1.165) is 52.8 Å². The van der Waals surface area contributed by atoms with Gasteiger partial charge in [0, 0.05) is 58.7 Å². The van der Waals surface area contributed by atoms with Gasteiger partial charge in [0.25, 0.3) is 5.91 Å². The minimum atomic E-state index is -0.362.